The number of oxazole rings is 1. The van der Waals surface area contributed by atoms with E-state index in [-0.39, 0.29) is 11.7 Å². The number of hydrogen-bond donors (Lipinski definition) is 1. The average molecular weight is 438 g/mol. The number of rotatable bonds is 5. The molecule has 0 bridgehead atoms. The van der Waals surface area contributed by atoms with Crippen LogP contribution in [0, 0.1) is 0 Å². The van der Waals surface area contributed by atoms with E-state index in [4.69, 9.17) is 13.6 Å². The number of fused-ring (bicyclic) bond motifs is 1. The topological polar surface area (TPSA) is 98.1 Å². The highest BCUT2D eigenvalue weighted by molar-refractivity contribution is 5.90. The van der Waals surface area contributed by atoms with Crippen molar-refractivity contribution in [1.29, 1.82) is 0 Å². The molecule has 7 nitrogen and oxygen atoms in total. The van der Waals surface area contributed by atoms with Crippen LogP contribution in [-0.2, 0) is 4.74 Å². The van der Waals surface area contributed by atoms with Crippen LogP contribution < -0.4 is 0 Å². The van der Waals surface area contributed by atoms with Crippen LogP contribution in [-0.4, -0.2) is 29.4 Å². The van der Waals surface area contributed by atoms with Crippen LogP contribution in [0.25, 0.3) is 33.9 Å². The number of carbonyl (C=O) groups excluding carboxylic acids is 1. The summed E-state index contributed by atoms with van der Waals surface area (Å²) in [6.45, 7) is 0. The molecule has 0 aliphatic carbocycles. The Morgan fingerprint density at radius 3 is 2.61 bits per heavy atom. The molecule has 5 rings (SSSR count). The maximum absolute atomic E-state index is 11.6. The zero-order chi connectivity index (χ0) is 22.8. The summed E-state index contributed by atoms with van der Waals surface area (Å²) in [7, 11) is 1.35. The van der Waals surface area contributed by atoms with Gasteiger partial charge in [-0.25, -0.2) is 9.78 Å². The Morgan fingerprint density at radius 1 is 1.00 bits per heavy atom. The minimum absolute atomic E-state index is 0.0520. The van der Waals surface area contributed by atoms with Crippen molar-refractivity contribution in [2.75, 3.05) is 7.11 Å². The number of para-hydroxylation sites is 2. The number of aromatic nitrogens is 1. The zero-order valence-electron chi connectivity index (χ0n) is 17.6. The zero-order valence-corrected chi connectivity index (χ0v) is 17.6. The summed E-state index contributed by atoms with van der Waals surface area (Å²) >= 11 is 0. The molecular weight excluding hydrogens is 420 g/mol. The largest absolute Gasteiger partial charge is 0.507 e. The highest BCUT2D eigenvalue weighted by Crippen LogP contribution is 2.34. The smallest absolute Gasteiger partial charge is 0.337 e. The van der Waals surface area contributed by atoms with Crippen molar-refractivity contribution in [3.8, 4) is 28.5 Å². The first-order valence-corrected chi connectivity index (χ1v) is 10.1. The number of benzene rings is 3. The van der Waals surface area contributed by atoms with Gasteiger partial charge in [-0.2, -0.15) is 0 Å². The van der Waals surface area contributed by atoms with Gasteiger partial charge in [0, 0.05) is 5.56 Å². The van der Waals surface area contributed by atoms with Gasteiger partial charge in [0.25, 0.3) is 0 Å². The minimum Gasteiger partial charge on any atom is -0.507 e. The summed E-state index contributed by atoms with van der Waals surface area (Å²) in [5.41, 5.74) is 3.70. The Hall–Kier alpha value is -4.65. The van der Waals surface area contributed by atoms with Gasteiger partial charge in [0.1, 0.15) is 22.8 Å². The highest BCUT2D eigenvalue weighted by Gasteiger charge is 2.13. The van der Waals surface area contributed by atoms with E-state index in [0.717, 1.165) is 5.56 Å². The maximum Gasteiger partial charge on any atom is 0.337 e. The fraction of sp³-hybridized carbons (Fsp3) is 0.0385. The van der Waals surface area contributed by atoms with E-state index < -0.39 is 0 Å². The maximum atomic E-state index is 11.6. The molecule has 0 aliphatic heterocycles. The van der Waals surface area contributed by atoms with Gasteiger partial charge in [-0.05, 0) is 54.6 Å². The molecule has 162 valence electrons. The average Bonchev–Trinajstić information content (AvgIpc) is 3.50. The van der Waals surface area contributed by atoms with E-state index in [1.54, 1.807) is 54.7 Å². The fourth-order valence-corrected chi connectivity index (χ4v) is 3.37. The predicted octanol–water partition coefficient (Wildman–Crippen LogP) is 6.00. The Labute approximate surface area is 188 Å². The monoisotopic (exact) mass is 438 g/mol. The number of methoxy groups -OCH3 is 1. The second kappa shape index (κ2) is 8.47. The van der Waals surface area contributed by atoms with Crippen LogP contribution in [0.5, 0.6) is 5.75 Å². The lowest BCUT2D eigenvalue weighted by Crippen LogP contribution is -2.00. The first-order chi connectivity index (χ1) is 16.1. The standard InChI is InChI=1S/C26H18N2O5/c1-31-26(30)17-8-6-16(7-9-17)23-13-11-19(32-23)15-27-18-10-12-22(29)20(14-18)25-28-21-4-2-3-5-24(21)33-25/h2-15,29H,1H3. The van der Waals surface area contributed by atoms with Crippen molar-refractivity contribution < 1.29 is 23.5 Å². The lowest BCUT2D eigenvalue weighted by atomic mass is 10.1. The molecule has 2 aromatic heterocycles. The van der Waals surface area contributed by atoms with E-state index in [1.807, 2.05) is 30.3 Å². The van der Waals surface area contributed by atoms with E-state index in [0.29, 0.717) is 45.3 Å². The Morgan fingerprint density at radius 2 is 1.82 bits per heavy atom. The first-order valence-electron chi connectivity index (χ1n) is 10.1. The van der Waals surface area contributed by atoms with Crippen LogP contribution in [0.1, 0.15) is 16.1 Å². The van der Waals surface area contributed by atoms with Crippen LogP contribution in [0.15, 0.2) is 92.7 Å². The molecule has 0 fully saturated rings. The van der Waals surface area contributed by atoms with Crippen LogP contribution >= 0.6 is 0 Å². The van der Waals surface area contributed by atoms with Gasteiger partial charge in [0.05, 0.1) is 30.1 Å². The molecule has 0 spiro atoms. The second-order valence-electron chi connectivity index (χ2n) is 7.22. The molecule has 0 aliphatic rings. The molecule has 1 N–H and O–H groups in total. The summed E-state index contributed by atoms with van der Waals surface area (Å²) in [4.78, 5) is 20.5. The van der Waals surface area contributed by atoms with E-state index in [1.165, 1.54) is 7.11 Å². The number of ether oxygens (including phenoxy) is 1. The van der Waals surface area contributed by atoms with Crippen LogP contribution in [0.4, 0.5) is 5.69 Å². The quantitative estimate of drug-likeness (QED) is 0.267. The van der Waals surface area contributed by atoms with Gasteiger partial charge in [0.2, 0.25) is 5.89 Å². The third-order valence-electron chi connectivity index (χ3n) is 5.06. The predicted molar refractivity (Wildman–Crippen MR) is 124 cm³/mol. The van der Waals surface area contributed by atoms with Crippen molar-refractivity contribution in [3.63, 3.8) is 0 Å². The lowest BCUT2D eigenvalue weighted by Gasteiger charge is -2.01. The third-order valence-corrected chi connectivity index (χ3v) is 5.06. The number of carbonyl (C=O) groups is 1. The van der Waals surface area contributed by atoms with Crippen molar-refractivity contribution in [2.24, 2.45) is 4.99 Å². The number of hydrogen-bond acceptors (Lipinski definition) is 7. The van der Waals surface area contributed by atoms with E-state index in [9.17, 15) is 9.90 Å². The van der Waals surface area contributed by atoms with E-state index in [2.05, 4.69) is 9.98 Å². The van der Waals surface area contributed by atoms with Crippen LogP contribution in [0.2, 0.25) is 0 Å². The summed E-state index contributed by atoms with van der Waals surface area (Å²) < 4.78 is 16.3. The molecule has 0 atom stereocenters. The van der Waals surface area contributed by atoms with Gasteiger partial charge >= 0.3 is 5.97 Å². The number of phenolic OH excluding ortho intramolecular Hbond substituents is 1. The third kappa shape index (κ3) is 4.12. The van der Waals surface area contributed by atoms with Gasteiger partial charge in [-0.3, -0.25) is 4.99 Å². The Balaban J connectivity index is 1.37. The molecule has 0 unspecified atom stereocenters. The van der Waals surface area contributed by atoms with Gasteiger partial charge in [-0.15, -0.1) is 0 Å². The number of aliphatic imine (C=N–C) groups is 1. The number of esters is 1. The lowest BCUT2D eigenvalue weighted by molar-refractivity contribution is 0.0600. The van der Waals surface area contributed by atoms with Crippen LogP contribution in [0.3, 0.4) is 0 Å². The van der Waals surface area contributed by atoms with Gasteiger partial charge in [-0.1, -0.05) is 24.3 Å². The molecule has 33 heavy (non-hydrogen) atoms. The number of aromatic hydroxyl groups is 1. The molecule has 0 saturated heterocycles. The highest BCUT2D eigenvalue weighted by atomic mass is 16.5. The molecule has 7 heteroatoms. The van der Waals surface area contributed by atoms with Gasteiger partial charge in [0.15, 0.2) is 5.58 Å². The molecular formula is C26H18N2O5. The summed E-state index contributed by atoms with van der Waals surface area (Å²) in [5, 5.41) is 10.3. The number of nitrogens with zero attached hydrogens (tertiary/aromatic N) is 2. The SMILES string of the molecule is COC(=O)c1ccc(-c2ccc(C=Nc3ccc(O)c(-c4nc5ccccc5o4)c3)o2)cc1. The first kappa shape index (κ1) is 20.3. The minimum atomic E-state index is -0.389. The van der Waals surface area contributed by atoms with Crippen molar-refractivity contribution in [1.82, 2.24) is 4.98 Å². The van der Waals surface area contributed by atoms with Crippen molar-refractivity contribution in [2.45, 2.75) is 0 Å². The summed E-state index contributed by atoms with van der Waals surface area (Å²) in [6, 6.07) is 22.9. The summed E-state index contributed by atoms with van der Waals surface area (Å²) in [6.07, 6.45) is 1.59. The molecule has 2 heterocycles. The second-order valence-corrected chi connectivity index (χ2v) is 7.22. The molecule has 0 amide bonds. The Kier molecular flexibility index (Phi) is 5.20. The number of phenols is 1. The molecule has 0 saturated carbocycles. The number of furan rings is 1. The normalized spacial score (nSPS) is 11.3. The van der Waals surface area contributed by atoms with E-state index >= 15 is 0 Å². The molecule has 0 radical (unpaired) electrons. The van der Waals surface area contributed by atoms with Gasteiger partial charge < -0.3 is 18.7 Å². The molecule has 3 aromatic carbocycles. The van der Waals surface area contributed by atoms with Crippen molar-refractivity contribution >= 4 is 29.0 Å². The Bertz CT molecular complexity index is 1450. The fourth-order valence-electron chi connectivity index (χ4n) is 3.37. The summed E-state index contributed by atoms with van der Waals surface area (Å²) in [5.74, 6) is 1.18. The van der Waals surface area contributed by atoms with Crippen molar-refractivity contribution in [3.05, 3.63) is 90.2 Å². The molecule has 5 aromatic rings.